The maximum Gasteiger partial charge on any atom is 0.269 e. The van der Waals surface area contributed by atoms with Crippen LogP contribution in [0, 0.1) is 5.92 Å². The number of carbonyl (C=O) groups excluding carboxylic acids is 1. The summed E-state index contributed by atoms with van der Waals surface area (Å²) in [5.41, 5.74) is 5.30. The average molecular weight is 263 g/mol. The van der Waals surface area contributed by atoms with E-state index < -0.39 is 5.91 Å². The molecule has 1 aliphatic rings. The Bertz CT molecular complexity index is 412. The number of carbonyl (C=O) groups is 1. The molecule has 0 bridgehead atoms. The fourth-order valence-corrected chi connectivity index (χ4v) is 2.31. The molecule has 0 unspecified atom stereocenters. The zero-order valence-corrected chi connectivity index (χ0v) is 11.3. The second-order valence-electron chi connectivity index (χ2n) is 5.13. The van der Waals surface area contributed by atoms with Crippen molar-refractivity contribution in [2.24, 2.45) is 11.7 Å². The Balaban J connectivity index is 1.72. The molecule has 0 aliphatic carbocycles. The lowest BCUT2D eigenvalue weighted by Gasteiger charge is -2.28. The van der Waals surface area contributed by atoms with E-state index in [4.69, 9.17) is 5.73 Å². The lowest BCUT2D eigenvalue weighted by molar-refractivity contribution is 0.0994. The van der Waals surface area contributed by atoms with Gasteiger partial charge in [0, 0.05) is 6.54 Å². The summed E-state index contributed by atoms with van der Waals surface area (Å²) in [5.74, 6) is 0.935. The SMILES string of the molecule is CN1CCC(CCNc2ccc(C(N)=O)nn2)CC1. The Labute approximate surface area is 113 Å². The monoisotopic (exact) mass is 263 g/mol. The Morgan fingerprint density at radius 2 is 2.16 bits per heavy atom. The second-order valence-corrected chi connectivity index (χ2v) is 5.13. The van der Waals surface area contributed by atoms with Gasteiger partial charge in [-0.25, -0.2) is 0 Å². The highest BCUT2D eigenvalue weighted by atomic mass is 16.1. The second kappa shape index (κ2) is 6.47. The number of likely N-dealkylation sites (tertiary alicyclic amines) is 1. The summed E-state index contributed by atoms with van der Waals surface area (Å²) in [4.78, 5) is 13.2. The molecule has 2 heterocycles. The van der Waals surface area contributed by atoms with E-state index in [0.717, 1.165) is 18.9 Å². The normalized spacial score (nSPS) is 17.3. The number of rotatable bonds is 5. The summed E-state index contributed by atoms with van der Waals surface area (Å²) in [6, 6.07) is 3.33. The van der Waals surface area contributed by atoms with Crippen LogP contribution in [-0.2, 0) is 0 Å². The third kappa shape index (κ3) is 4.17. The van der Waals surface area contributed by atoms with Crippen LogP contribution in [0.5, 0.6) is 0 Å². The molecular weight excluding hydrogens is 242 g/mol. The minimum absolute atomic E-state index is 0.195. The molecule has 1 fully saturated rings. The zero-order chi connectivity index (χ0) is 13.7. The van der Waals surface area contributed by atoms with Gasteiger partial charge in [0.25, 0.3) is 5.91 Å². The molecule has 0 radical (unpaired) electrons. The van der Waals surface area contributed by atoms with E-state index in [-0.39, 0.29) is 5.69 Å². The predicted octanol–water partition coefficient (Wildman–Crippen LogP) is 0.719. The molecule has 6 heteroatoms. The van der Waals surface area contributed by atoms with Gasteiger partial charge in [-0.05, 0) is 57.5 Å². The number of aromatic nitrogens is 2. The van der Waals surface area contributed by atoms with Crippen LogP contribution in [0.4, 0.5) is 5.82 Å². The number of hydrogen-bond acceptors (Lipinski definition) is 5. The van der Waals surface area contributed by atoms with Crippen molar-refractivity contribution >= 4 is 11.7 Å². The van der Waals surface area contributed by atoms with Crippen LogP contribution in [0.25, 0.3) is 0 Å². The largest absolute Gasteiger partial charge is 0.369 e. The zero-order valence-electron chi connectivity index (χ0n) is 11.3. The molecule has 0 saturated carbocycles. The topological polar surface area (TPSA) is 84.1 Å². The molecule has 1 saturated heterocycles. The van der Waals surface area contributed by atoms with Gasteiger partial charge in [0.1, 0.15) is 5.82 Å². The number of piperidine rings is 1. The number of hydrogen-bond donors (Lipinski definition) is 2. The number of primary amides is 1. The standard InChI is InChI=1S/C13H21N5O/c1-18-8-5-10(6-9-18)4-7-15-12-3-2-11(13(14)19)16-17-12/h2-3,10H,4-9H2,1H3,(H2,14,19)(H,15,17). The fraction of sp³-hybridized carbons (Fsp3) is 0.615. The van der Waals surface area contributed by atoms with Crippen LogP contribution >= 0.6 is 0 Å². The molecule has 0 atom stereocenters. The van der Waals surface area contributed by atoms with E-state index in [1.807, 2.05) is 0 Å². The van der Waals surface area contributed by atoms with E-state index in [1.54, 1.807) is 12.1 Å². The van der Waals surface area contributed by atoms with Crippen molar-refractivity contribution in [1.82, 2.24) is 15.1 Å². The van der Waals surface area contributed by atoms with Crippen molar-refractivity contribution in [3.05, 3.63) is 17.8 Å². The Morgan fingerprint density at radius 1 is 1.42 bits per heavy atom. The van der Waals surface area contributed by atoms with Crippen molar-refractivity contribution in [2.75, 3.05) is 32.0 Å². The molecule has 3 N–H and O–H groups in total. The summed E-state index contributed by atoms with van der Waals surface area (Å²) in [5, 5.41) is 10.9. The van der Waals surface area contributed by atoms with E-state index in [0.29, 0.717) is 5.82 Å². The highest BCUT2D eigenvalue weighted by molar-refractivity contribution is 5.90. The van der Waals surface area contributed by atoms with Crippen LogP contribution in [0.3, 0.4) is 0 Å². The van der Waals surface area contributed by atoms with Crippen molar-refractivity contribution in [3.63, 3.8) is 0 Å². The van der Waals surface area contributed by atoms with Gasteiger partial charge in [-0.1, -0.05) is 0 Å². The maximum atomic E-state index is 10.9. The van der Waals surface area contributed by atoms with Gasteiger partial charge in [0.15, 0.2) is 5.69 Å². The Morgan fingerprint density at radius 3 is 2.74 bits per heavy atom. The number of anilines is 1. The number of nitrogens with two attached hydrogens (primary N) is 1. The number of nitrogens with zero attached hydrogens (tertiary/aromatic N) is 3. The van der Waals surface area contributed by atoms with Gasteiger partial charge in [-0.2, -0.15) is 0 Å². The van der Waals surface area contributed by atoms with Crippen molar-refractivity contribution in [2.45, 2.75) is 19.3 Å². The van der Waals surface area contributed by atoms with Crippen molar-refractivity contribution < 1.29 is 4.79 Å². The first-order valence-electron chi connectivity index (χ1n) is 6.71. The molecule has 1 aromatic rings. The van der Waals surface area contributed by atoms with Crippen LogP contribution in [0.2, 0.25) is 0 Å². The Hall–Kier alpha value is -1.69. The summed E-state index contributed by atoms with van der Waals surface area (Å²) in [7, 11) is 2.17. The van der Waals surface area contributed by atoms with Crippen LogP contribution in [0.1, 0.15) is 29.8 Å². The lowest BCUT2D eigenvalue weighted by Crippen LogP contribution is -2.30. The summed E-state index contributed by atoms with van der Waals surface area (Å²) in [6.07, 6.45) is 3.68. The minimum atomic E-state index is -0.551. The van der Waals surface area contributed by atoms with Gasteiger partial charge in [0.2, 0.25) is 0 Å². The van der Waals surface area contributed by atoms with Crippen LogP contribution in [-0.4, -0.2) is 47.7 Å². The molecule has 6 nitrogen and oxygen atoms in total. The predicted molar refractivity (Wildman–Crippen MR) is 73.9 cm³/mol. The highest BCUT2D eigenvalue weighted by Gasteiger charge is 2.15. The van der Waals surface area contributed by atoms with E-state index >= 15 is 0 Å². The van der Waals surface area contributed by atoms with E-state index in [2.05, 4.69) is 27.5 Å². The molecule has 2 rings (SSSR count). The van der Waals surface area contributed by atoms with Gasteiger partial charge in [-0.3, -0.25) is 4.79 Å². The van der Waals surface area contributed by atoms with Crippen LogP contribution in [0.15, 0.2) is 12.1 Å². The fourth-order valence-electron chi connectivity index (χ4n) is 2.31. The first-order valence-corrected chi connectivity index (χ1v) is 6.71. The van der Waals surface area contributed by atoms with Gasteiger partial charge in [0.05, 0.1) is 0 Å². The average Bonchev–Trinajstić information content (AvgIpc) is 2.41. The maximum absolute atomic E-state index is 10.9. The summed E-state index contributed by atoms with van der Waals surface area (Å²) < 4.78 is 0. The molecule has 1 aromatic heterocycles. The smallest absolute Gasteiger partial charge is 0.269 e. The molecule has 0 aromatic carbocycles. The summed E-state index contributed by atoms with van der Waals surface area (Å²) >= 11 is 0. The van der Waals surface area contributed by atoms with Gasteiger partial charge < -0.3 is 16.0 Å². The molecule has 104 valence electrons. The minimum Gasteiger partial charge on any atom is -0.369 e. The number of nitrogens with one attached hydrogen (secondary N) is 1. The van der Waals surface area contributed by atoms with Gasteiger partial charge in [-0.15, -0.1) is 10.2 Å². The van der Waals surface area contributed by atoms with Crippen molar-refractivity contribution in [3.8, 4) is 0 Å². The Kier molecular flexibility index (Phi) is 4.68. The first-order chi connectivity index (χ1) is 9.15. The molecule has 1 amide bonds. The summed E-state index contributed by atoms with van der Waals surface area (Å²) in [6.45, 7) is 3.27. The van der Waals surface area contributed by atoms with Gasteiger partial charge >= 0.3 is 0 Å². The molecule has 0 spiro atoms. The quantitative estimate of drug-likeness (QED) is 0.817. The lowest BCUT2D eigenvalue weighted by atomic mass is 9.94. The van der Waals surface area contributed by atoms with E-state index in [1.165, 1.54) is 25.9 Å². The van der Waals surface area contributed by atoms with E-state index in [9.17, 15) is 4.79 Å². The molecule has 1 aliphatic heterocycles. The highest BCUT2D eigenvalue weighted by Crippen LogP contribution is 2.19. The first kappa shape index (κ1) is 13.7. The van der Waals surface area contributed by atoms with Crippen LogP contribution < -0.4 is 11.1 Å². The van der Waals surface area contributed by atoms with Crippen molar-refractivity contribution in [1.29, 1.82) is 0 Å². The molecule has 19 heavy (non-hydrogen) atoms. The number of amides is 1. The third-order valence-electron chi connectivity index (χ3n) is 3.61. The third-order valence-corrected chi connectivity index (χ3v) is 3.61. The molecular formula is C13H21N5O.